The highest BCUT2D eigenvalue weighted by atomic mass is 16.7. The Labute approximate surface area is 235 Å². The molecule has 218 valence electrons. The van der Waals surface area contributed by atoms with Crippen LogP contribution < -0.4 is 10.8 Å². The minimum absolute atomic E-state index is 0.00420. The fourth-order valence-electron chi connectivity index (χ4n) is 5.18. The van der Waals surface area contributed by atoms with Crippen LogP contribution in [0.4, 0.5) is 0 Å². The third-order valence-corrected chi connectivity index (χ3v) is 7.50. The third-order valence-electron chi connectivity index (χ3n) is 7.50. The number of carbonyl (C=O) groups excluding carboxylic acids is 2. The number of amides is 2. The predicted molar refractivity (Wildman–Crippen MR) is 147 cm³/mol. The molecule has 2 heterocycles. The first kappa shape index (κ1) is 30.1. The number of benzene rings is 2. The van der Waals surface area contributed by atoms with Crippen molar-refractivity contribution in [2.24, 2.45) is 0 Å². The number of unbranched alkanes of at least 4 members (excludes halogenated alkanes) is 2. The van der Waals surface area contributed by atoms with Gasteiger partial charge in [0.25, 0.3) is 0 Å². The van der Waals surface area contributed by atoms with E-state index in [1.807, 2.05) is 48.5 Å². The Kier molecular flexibility index (Phi) is 11.5. The highest BCUT2D eigenvalue weighted by Crippen LogP contribution is 2.38. The smallest absolute Gasteiger partial charge is 0.243 e. The van der Waals surface area contributed by atoms with Gasteiger partial charge in [0.15, 0.2) is 6.29 Å². The van der Waals surface area contributed by atoms with Gasteiger partial charge in [0, 0.05) is 51.0 Å². The van der Waals surface area contributed by atoms with Crippen molar-refractivity contribution in [3.05, 3.63) is 70.8 Å². The summed E-state index contributed by atoms with van der Waals surface area (Å²) >= 11 is 0. The van der Waals surface area contributed by atoms with E-state index in [-0.39, 0.29) is 37.2 Å². The van der Waals surface area contributed by atoms with Gasteiger partial charge in [-0.2, -0.15) is 0 Å². The zero-order valence-corrected chi connectivity index (χ0v) is 22.8. The SMILES string of the molecule is O=C(CCCCCC(=O)NCc1ccc([C@H]2O[C@@H](CN3CC[C@H](O)C3)C[C@@H](c3ccc(CO)cc3)O2)cc1)NO. The number of β-amino-alcohol motifs (C(OH)–C–C–N with tert-alkyl or cyclic N) is 1. The van der Waals surface area contributed by atoms with E-state index < -0.39 is 12.2 Å². The van der Waals surface area contributed by atoms with Crippen molar-refractivity contribution < 1.29 is 34.5 Å². The van der Waals surface area contributed by atoms with E-state index in [2.05, 4.69) is 10.2 Å². The molecular weight excluding hydrogens is 514 g/mol. The number of carbonyl (C=O) groups is 2. The van der Waals surface area contributed by atoms with Gasteiger partial charge in [-0.1, -0.05) is 55.0 Å². The number of nitrogens with one attached hydrogen (secondary N) is 2. The second kappa shape index (κ2) is 15.2. The molecule has 2 aliphatic rings. The first-order valence-corrected chi connectivity index (χ1v) is 14.1. The van der Waals surface area contributed by atoms with Crippen LogP contribution in [-0.2, 0) is 32.2 Å². The summed E-state index contributed by atoms with van der Waals surface area (Å²) in [6.45, 7) is 2.64. The van der Waals surface area contributed by atoms with Gasteiger partial charge in [0.2, 0.25) is 11.8 Å². The number of nitrogens with zero attached hydrogens (tertiary/aromatic N) is 1. The second-order valence-corrected chi connectivity index (χ2v) is 10.7. The van der Waals surface area contributed by atoms with E-state index >= 15 is 0 Å². The van der Waals surface area contributed by atoms with Gasteiger partial charge in [0.1, 0.15) is 0 Å². The first-order chi connectivity index (χ1) is 19.4. The summed E-state index contributed by atoms with van der Waals surface area (Å²) < 4.78 is 12.8. The largest absolute Gasteiger partial charge is 0.392 e. The molecule has 0 bridgehead atoms. The van der Waals surface area contributed by atoms with Crippen molar-refractivity contribution >= 4 is 11.8 Å². The molecule has 4 rings (SSSR count). The fraction of sp³-hybridized carbons (Fsp3) is 0.533. The number of aliphatic hydroxyl groups is 2. The van der Waals surface area contributed by atoms with Crippen LogP contribution in [-0.4, -0.2) is 64.0 Å². The van der Waals surface area contributed by atoms with E-state index in [1.54, 1.807) is 5.48 Å². The number of hydrogen-bond acceptors (Lipinski definition) is 8. The topological polar surface area (TPSA) is 141 Å². The van der Waals surface area contributed by atoms with Gasteiger partial charge < -0.3 is 25.0 Å². The van der Waals surface area contributed by atoms with E-state index in [4.69, 9.17) is 14.7 Å². The third kappa shape index (κ3) is 9.09. The molecule has 5 N–H and O–H groups in total. The molecule has 2 aliphatic heterocycles. The normalized spacial score (nSPS) is 23.2. The molecular formula is C30H41N3O7. The van der Waals surface area contributed by atoms with E-state index in [0.29, 0.717) is 38.8 Å². The van der Waals surface area contributed by atoms with Crippen molar-refractivity contribution in [3.8, 4) is 0 Å². The number of likely N-dealkylation sites (tertiary alicyclic amines) is 1. The monoisotopic (exact) mass is 555 g/mol. The average Bonchev–Trinajstić information content (AvgIpc) is 3.39. The molecule has 2 fully saturated rings. The average molecular weight is 556 g/mol. The summed E-state index contributed by atoms with van der Waals surface area (Å²) in [5.74, 6) is -0.453. The van der Waals surface area contributed by atoms with Gasteiger partial charge in [-0.05, 0) is 36.0 Å². The lowest BCUT2D eigenvalue weighted by Crippen LogP contribution is -2.38. The van der Waals surface area contributed by atoms with Gasteiger partial charge >= 0.3 is 0 Å². The maximum Gasteiger partial charge on any atom is 0.243 e. The molecule has 0 spiro atoms. The molecule has 10 heteroatoms. The van der Waals surface area contributed by atoms with Crippen molar-refractivity contribution in [2.75, 3.05) is 19.6 Å². The van der Waals surface area contributed by atoms with Crippen molar-refractivity contribution in [1.29, 1.82) is 0 Å². The van der Waals surface area contributed by atoms with Crippen LogP contribution in [0.25, 0.3) is 0 Å². The highest BCUT2D eigenvalue weighted by Gasteiger charge is 2.34. The first-order valence-electron chi connectivity index (χ1n) is 14.1. The van der Waals surface area contributed by atoms with E-state index in [1.165, 1.54) is 0 Å². The van der Waals surface area contributed by atoms with Gasteiger partial charge in [-0.3, -0.25) is 19.7 Å². The number of hydroxylamine groups is 1. The Balaban J connectivity index is 1.31. The number of hydrogen-bond donors (Lipinski definition) is 5. The van der Waals surface area contributed by atoms with Gasteiger partial charge in [-0.25, -0.2) is 5.48 Å². The summed E-state index contributed by atoms with van der Waals surface area (Å²) in [4.78, 5) is 25.4. The van der Waals surface area contributed by atoms with Crippen LogP contribution >= 0.6 is 0 Å². The number of rotatable bonds is 13. The maximum absolute atomic E-state index is 12.2. The molecule has 0 saturated carbocycles. The Bertz CT molecular complexity index is 1080. The van der Waals surface area contributed by atoms with Gasteiger partial charge in [0.05, 0.1) is 24.9 Å². The maximum atomic E-state index is 12.2. The van der Waals surface area contributed by atoms with Crippen LogP contribution in [0.2, 0.25) is 0 Å². The zero-order valence-electron chi connectivity index (χ0n) is 22.8. The molecule has 2 aromatic rings. The second-order valence-electron chi connectivity index (χ2n) is 10.7. The molecule has 4 atom stereocenters. The Morgan fingerprint density at radius 2 is 1.57 bits per heavy atom. The molecule has 2 saturated heterocycles. The van der Waals surface area contributed by atoms with Crippen LogP contribution in [0.1, 0.15) is 79.6 Å². The highest BCUT2D eigenvalue weighted by molar-refractivity contribution is 5.76. The lowest BCUT2D eigenvalue weighted by Gasteiger charge is -2.37. The summed E-state index contributed by atoms with van der Waals surface area (Å²) in [5.41, 5.74) is 5.35. The predicted octanol–water partition coefficient (Wildman–Crippen LogP) is 2.86. The Morgan fingerprint density at radius 1 is 0.900 bits per heavy atom. The van der Waals surface area contributed by atoms with E-state index in [9.17, 15) is 19.8 Å². The van der Waals surface area contributed by atoms with Crippen molar-refractivity contribution in [2.45, 2.75) is 82.7 Å². The standard InChI is InChI=1S/C30H41N3O7/c34-20-22-8-10-23(11-9-22)27-16-26(19-33-15-14-25(35)18-33)39-30(40-27)24-12-6-21(7-13-24)17-31-28(36)4-2-1-3-5-29(37)32-38/h6-13,25-27,30,34-35,38H,1-5,14-20H2,(H,31,36)(H,32,37)/t25-,26+,27-,30-/m0/s1. The van der Waals surface area contributed by atoms with Crippen LogP contribution in [0.15, 0.2) is 48.5 Å². The zero-order chi connectivity index (χ0) is 28.3. The van der Waals surface area contributed by atoms with Crippen LogP contribution in [0.5, 0.6) is 0 Å². The van der Waals surface area contributed by atoms with Crippen LogP contribution in [0.3, 0.4) is 0 Å². The van der Waals surface area contributed by atoms with Crippen molar-refractivity contribution in [3.63, 3.8) is 0 Å². The molecule has 40 heavy (non-hydrogen) atoms. The minimum Gasteiger partial charge on any atom is -0.392 e. The lowest BCUT2D eigenvalue weighted by molar-refractivity contribution is -0.252. The minimum atomic E-state index is -0.551. The fourth-order valence-corrected chi connectivity index (χ4v) is 5.18. The summed E-state index contributed by atoms with van der Waals surface area (Å²) in [5, 5.41) is 30.8. The molecule has 10 nitrogen and oxygen atoms in total. The molecule has 2 amide bonds. The van der Waals surface area contributed by atoms with Crippen LogP contribution in [0, 0.1) is 0 Å². The number of ether oxygens (including phenoxy) is 2. The molecule has 0 aromatic heterocycles. The summed E-state index contributed by atoms with van der Waals surface area (Å²) in [7, 11) is 0. The molecule has 2 aromatic carbocycles. The quantitative estimate of drug-likeness (QED) is 0.144. The molecule has 0 unspecified atom stereocenters. The molecule has 0 aliphatic carbocycles. The van der Waals surface area contributed by atoms with Crippen molar-refractivity contribution in [1.82, 2.24) is 15.7 Å². The lowest BCUT2D eigenvalue weighted by atomic mass is 9.99. The van der Waals surface area contributed by atoms with Gasteiger partial charge in [-0.15, -0.1) is 0 Å². The molecule has 0 radical (unpaired) electrons. The number of aliphatic hydroxyl groups excluding tert-OH is 2. The summed E-state index contributed by atoms with van der Waals surface area (Å²) in [6.07, 6.45) is 3.09. The Morgan fingerprint density at radius 3 is 2.23 bits per heavy atom. The Hall–Kier alpha value is -2.86. The van der Waals surface area contributed by atoms with E-state index in [0.717, 1.165) is 48.2 Å². The summed E-state index contributed by atoms with van der Waals surface area (Å²) in [6, 6.07) is 15.7.